The van der Waals surface area contributed by atoms with Gasteiger partial charge in [-0.15, -0.1) is 0 Å². The molecule has 4 fully saturated rings. The number of cyclic esters (lactones) is 1. The molecule has 1 unspecified atom stereocenters. The number of hydrogen-bond acceptors (Lipinski definition) is 5. The Bertz CT molecular complexity index is 839. The molecule has 0 bridgehead atoms. The van der Waals surface area contributed by atoms with E-state index in [-0.39, 0.29) is 11.3 Å². The Morgan fingerprint density at radius 3 is 2.73 bits per heavy atom. The molecule has 5 heteroatoms. The summed E-state index contributed by atoms with van der Waals surface area (Å²) in [5, 5.41) is 30.6. The first-order valence-corrected chi connectivity index (χ1v) is 12.9. The number of fused-ring (bicyclic) bond motifs is 1. The van der Waals surface area contributed by atoms with E-state index in [1.165, 1.54) is 31.3 Å². The van der Waals surface area contributed by atoms with E-state index in [1.807, 2.05) is 0 Å². The van der Waals surface area contributed by atoms with Crippen molar-refractivity contribution in [3.8, 4) is 0 Å². The molecule has 8 atom stereocenters. The summed E-state index contributed by atoms with van der Waals surface area (Å²) in [6.45, 7) is 10.9. The normalized spacial score (nSPS) is 45.2. The summed E-state index contributed by atoms with van der Waals surface area (Å²) in [6.07, 6.45) is 11.6. The fourth-order valence-corrected chi connectivity index (χ4v) is 7.57. The first kappa shape index (κ1) is 24.7. The first-order valence-electron chi connectivity index (χ1n) is 12.9. The number of aliphatic hydroxyl groups excluding tert-OH is 2. The zero-order valence-corrected chi connectivity index (χ0v) is 20.6. The van der Waals surface area contributed by atoms with Crippen LogP contribution in [-0.4, -0.2) is 45.7 Å². The van der Waals surface area contributed by atoms with Crippen molar-refractivity contribution in [2.24, 2.45) is 29.1 Å². The highest BCUT2D eigenvalue weighted by atomic mass is 16.6. The molecule has 0 aromatic heterocycles. The van der Waals surface area contributed by atoms with Gasteiger partial charge in [0.25, 0.3) is 0 Å². The van der Waals surface area contributed by atoms with Crippen LogP contribution in [0.1, 0.15) is 78.6 Å². The second kappa shape index (κ2) is 9.31. The summed E-state index contributed by atoms with van der Waals surface area (Å²) >= 11 is 0. The minimum absolute atomic E-state index is 0.217. The Morgan fingerprint density at radius 1 is 1.24 bits per heavy atom. The molecular weight excluding hydrogens is 416 g/mol. The summed E-state index contributed by atoms with van der Waals surface area (Å²) < 4.78 is 5.28. The predicted molar refractivity (Wildman–Crippen MR) is 128 cm³/mol. The third kappa shape index (κ3) is 4.87. The maximum Gasteiger partial charge on any atom is 0.337 e. The van der Waals surface area contributed by atoms with E-state index in [1.54, 1.807) is 6.92 Å². The molecule has 1 heterocycles. The molecule has 1 aliphatic heterocycles. The van der Waals surface area contributed by atoms with Crippen LogP contribution in [0.3, 0.4) is 0 Å². The second-order valence-corrected chi connectivity index (χ2v) is 11.8. The van der Waals surface area contributed by atoms with Crippen molar-refractivity contribution < 1.29 is 24.9 Å². The van der Waals surface area contributed by atoms with Crippen molar-refractivity contribution in [2.45, 2.75) is 96.4 Å². The molecule has 4 aliphatic rings. The lowest BCUT2D eigenvalue weighted by Crippen LogP contribution is -2.45. The van der Waals surface area contributed by atoms with E-state index in [4.69, 9.17) is 4.74 Å². The quantitative estimate of drug-likeness (QED) is 0.541. The SMILES string of the molecule is C=C1C(=CC=C2CCC[C@@]3(C)C2CC[C@@H]3[C@H](C)C[C@@H]2COC(=O)[C@](C)(O)C2)C[C@@H](O)C[C@@H]1O. The Labute approximate surface area is 198 Å². The van der Waals surface area contributed by atoms with Crippen molar-refractivity contribution in [1.29, 1.82) is 0 Å². The first-order chi connectivity index (χ1) is 15.5. The van der Waals surface area contributed by atoms with Crippen LogP contribution in [-0.2, 0) is 9.53 Å². The van der Waals surface area contributed by atoms with Gasteiger partial charge in [0.2, 0.25) is 0 Å². The van der Waals surface area contributed by atoms with Crippen molar-refractivity contribution in [2.75, 3.05) is 6.61 Å². The van der Waals surface area contributed by atoms with E-state index < -0.39 is 23.8 Å². The van der Waals surface area contributed by atoms with Gasteiger partial charge in [0.05, 0.1) is 18.8 Å². The minimum Gasteiger partial charge on any atom is -0.463 e. The highest BCUT2D eigenvalue weighted by molar-refractivity contribution is 5.79. The van der Waals surface area contributed by atoms with Gasteiger partial charge in [-0.05, 0) is 98.5 Å². The van der Waals surface area contributed by atoms with E-state index in [0.29, 0.717) is 43.6 Å². The molecule has 4 rings (SSSR count). The fraction of sp³-hybridized carbons (Fsp3) is 0.750. The third-order valence-electron chi connectivity index (χ3n) is 9.27. The summed E-state index contributed by atoms with van der Waals surface area (Å²) in [4.78, 5) is 11.8. The number of aliphatic hydroxyl groups is 3. The highest BCUT2D eigenvalue weighted by Crippen LogP contribution is 2.60. The van der Waals surface area contributed by atoms with Crippen molar-refractivity contribution in [1.82, 2.24) is 0 Å². The average molecular weight is 459 g/mol. The number of carbonyl (C=O) groups excluding carboxylic acids is 1. The number of ether oxygens (including phenoxy) is 1. The summed E-state index contributed by atoms with van der Waals surface area (Å²) in [5.41, 5.74) is 2.13. The summed E-state index contributed by atoms with van der Waals surface area (Å²) in [5.74, 6) is 1.42. The predicted octanol–water partition coefficient (Wildman–Crippen LogP) is 4.47. The van der Waals surface area contributed by atoms with Crippen LogP contribution in [0.15, 0.2) is 35.5 Å². The molecule has 33 heavy (non-hydrogen) atoms. The van der Waals surface area contributed by atoms with Crippen LogP contribution in [0.25, 0.3) is 0 Å². The molecule has 0 aromatic carbocycles. The van der Waals surface area contributed by atoms with Crippen LogP contribution >= 0.6 is 0 Å². The molecule has 3 saturated carbocycles. The smallest absolute Gasteiger partial charge is 0.337 e. The van der Waals surface area contributed by atoms with E-state index in [0.717, 1.165) is 24.0 Å². The molecule has 3 N–H and O–H groups in total. The highest BCUT2D eigenvalue weighted by Gasteiger charge is 2.51. The van der Waals surface area contributed by atoms with Gasteiger partial charge in [-0.3, -0.25) is 0 Å². The maximum absolute atomic E-state index is 11.8. The van der Waals surface area contributed by atoms with Crippen molar-refractivity contribution in [3.05, 3.63) is 35.5 Å². The van der Waals surface area contributed by atoms with Crippen molar-refractivity contribution in [3.63, 3.8) is 0 Å². The molecule has 0 amide bonds. The number of esters is 1. The zero-order valence-electron chi connectivity index (χ0n) is 20.6. The lowest BCUT2D eigenvalue weighted by Gasteiger charge is -2.45. The third-order valence-corrected chi connectivity index (χ3v) is 9.27. The Hall–Kier alpha value is -1.43. The molecule has 0 radical (unpaired) electrons. The Morgan fingerprint density at radius 2 is 2.00 bits per heavy atom. The van der Waals surface area contributed by atoms with Crippen LogP contribution in [0, 0.1) is 29.1 Å². The molecular formula is C28H42O5. The minimum atomic E-state index is -1.36. The van der Waals surface area contributed by atoms with Gasteiger partial charge >= 0.3 is 5.97 Å². The fourth-order valence-electron chi connectivity index (χ4n) is 7.57. The number of allylic oxidation sites excluding steroid dienone is 3. The number of carbonyl (C=O) groups is 1. The zero-order chi connectivity index (χ0) is 24.0. The second-order valence-electron chi connectivity index (χ2n) is 11.8. The molecule has 5 nitrogen and oxygen atoms in total. The molecule has 3 aliphatic carbocycles. The number of rotatable bonds is 4. The topological polar surface area (TPSA) is 87.0 Å². The molecule has 184 valence electrons. The lowest BCUT2D eigenvalue weighted by molar-refractivity contribution is -0.177. The Balaban J connectivity index is 1.46. The molecule has 0 spiro atoms. The van der Waals surface area contributed by atoms with E-state index >= 15 is 0 Å². The van der Waals surface area contributed by atoms with Crippen LogP contribution in [0.5, 0.6) is 0 Å². The van der Waals surface area contributed by atoms with Crippen LogP contribution in [0.4, 0.5) is 0 Å². The summed E-state index contributed by atoms with van der Waals surface area (Å²) in [6, 6.07) is 0. The van der Waals surface area contributed by atoms with Gasteiger partial charge in [-0.25, -0.2) is 4.79 Å². The van der Waals surface area contributed by atoms with Gasteiger partial charge < -0.3 is 20.1 Å². The van der Waals surface area contributed by atoms with Gasteiger partial charge in [0.1, 0.15) is 0 Å². The Kier molecular flexibility index (Phi) is 6.97. The van der Waals surface area contributed by atoms with Gasteiger partial charge in [0, 0.05) is 6.42 Å². The van der Waals surface area contributed by atoms with Gasteiger partial charge in [-0.1, -0.05) is 38.2 Å². The maximum atomic E-state index is 11.8. The lowest BCUT2D eigenvalue weighted by atomic mass is 9.60. The monoisotopic (exact) mass is 458 g/mol. The summed E-state index contributed by atoms with van der Waals surface area (Å²) in [7, 11) is 0. The average Bonchev–Trinajstić information content (AvgIpc) is 3.09. The van der Waals surface area contributed by atoms with E-state index in [2.05, 4.69) is 32.6 Å². The van der Waals surface area contributed by atoms with Crippen molar-refractivity contribution >= 4 is 5.97 Å². The van der Waals surface area contributed by atoms with Crippen LogP contribution < -0.4 is 0 Å². The van der Waals surface area contributed by atoms with Crippen LogP contribution in [0.2, 0.25) is 0 Å². The standard InChI is InChI=1S/C28H42O5/c1-17(12-19-15-28(4,32)26(31)33-16-19)23-9-10-24-20(6-5-11-27(23,24)3)7-8-21-13-22(29)14-25(30)18(21)2/h7-8,17,19,22-25,29-30,32H,2,5-6,9-16H2,1,3-4H3/t17-,19+,22-,23-,24?,25+,27-,28-/m1/s1. The largest absolute Gasteiger partial charge is 0.463 e. The number of hydrogen-bond donors (Lipinski definition) is 3. The van der Waals surface area contributed by atoms with Gasteiger partial charge in [0.15, 0.2) is 5.60 Å². The van der Waals surface area contributed by atoms with Gasteiger partial charge in [-0.2, -0.15) is 0 Å². The molecule has 0 aromatic rings. The van der Waals surface area contributed by atoms with E-state index in [9.17, 15) is 20.1 Å². The molecule has 1 saturated heterocycles.